The van der Waals surface area contributed by atoms with E-state index in [2.05, 4.69) is 10.3 Å². The molecule has 2 aliphatic rings. The van der Waals surface area contributed by atoms with Crippen molar-refractivity contribution in [2.75, 3.05) is 23.3 Å². The van der Waals surface area contributed by atoms with E-state index in [-0.39, 0.29) is 10.6 Å². The molecule has 2 fully saturated rings. The number of hydrogen-bond donors (Lipinski definition) is 2. The predicted molar refractivity (Wildman–Crippen MR) is 103 cm³/mol. The molecule has 3 unspecified atom stereocenters. The van der Waals surface area contributed by atoms with Gasteiger partial charge in [0.25, 0.3) is 5.91 Å². The zero-order valence-electron chi connectivity index (χ0n) is 16.4. The van der Waals surface area contributed by atoms with E-state index in [1.165, 1.54) is 24.3 Å². The van der Waals surface area contributed by atoms with Gasteiger partial charge in [-0.25, -0.2) is 14.3 Å². The summed E-state index contributed by atoms with van der Waals surface area (Å²) < 4.78 is 106. The Morgan fingerprint density at radius 3 is 2.27 bits per heavy atom. The molecule has 3 atom stereocenters. The summed E-state index contributed by atoms with van der Waals surface area (Å²) in [6.07, 6.45) is -4.47. The van der Waals surface area contributed by atoms with Crippen LogP contribution in [0.25, 0.3) is 0 Å². The van der Waals surface area contributed by atoms with Crippen molar-refractivity contribution >= 4 is 28.4 Å². The summed E-state index contributed by atoms with van der Waals surface area (Å²) >= 11 is 0. The van der Waals surface area contributed by atoms with E-state index < -0.39 is 76.8 Å². The van der Waals surface area contributed by atoms with Crippen LogP contribution in [0, 0.1) is 11.8 Å². The van der Waals surface area contributed by atoms with Crippen LogP contribution in [0.3, 0.4) is 0 Å². The molecule has 3 N–H and O–H groups in total. The monoisotopic (exact) mass is 496 g/mol. The number of anilines is 2. The number of halogens is 7. The Morgan fingerprint density at radius 2 is 1.73 bits per heavy atom. The van der Waals surface area contributed by atoms with Gasteiger partial charge in [0.05, 0.1) is 27.9 Å². The second kappa shape index (κ2) is 7.65. The fourth-order valence-electron chi connectivity index (χ4n) is 4.04. The molecule has 4 rings (SSSR count). The summed E-state index contributed by atoms with van der Waals surface area (Å²) in [5.74, 6) is -13.5. The molecular formula is C19H15F7N4O2S. The number of carbonyl (C=O) groups excluding carboxylic acids is 1. The van der Waals surface area contributed by atoms with Crippen LogP contribution in [0.1, 0.15) is 15.9 Å². The van der Waals surface area contributed by atoms with Gasteiger partial charge in [-0.05, 0) is 24.3 Å². The highest BCUT2D eigenvalue weighted by Crippen LogP contribution is 2.62. The van der Waals surface area contributed by atoms with Crippen molar-refractivity contribution in [2.45, 2.75) is 22.9 Å². The zero-order valence-corrected chi connectivity index (χ0v) is 17.2. The SMILES string of the molecule is NS(=O)c1cccc(NC(=O)c2cc(C(F)(F)F)cnc2N2CC3C(C2)C(F)(F)C3(F)F)c1. The van der Waals surface area contributed by atoms with Gasteiger partial charge in [0, 0.05) is 25.0 Å². The Hall–Kier alpha value is -2.74. The summed E-state index contributed by atoms with van der Waals surface area (Å²) in [5.41, 5.74) is -1.89. The molecule has 6 nitrogen and oxygen atoms in total. The Bertz CT molecular complexity index is 1120. The van der Waals surface area contributed by atoms with Crippen LogP contribution < -0.4 is 15.4 Å². The molecule has 1 saturated carbocycles. The molecule has 1 aliphatic carbocycles. The number of pyridine rings is 1. The highest BCUT2D eigenvalue weighted by molar-refractivity contribution is 7.82. The molecule has 14 heteroatoms. The van der Waals surface area contributed by atoms with Crippen molar-refractivity contribution in [3.63, 3.8) is 0 Å². The third-order valence-corrected chi connectivity index (χ3v) is 6.48. The number of fused-ring (bicyclic) bond motifs is 1. The summed E-state index contributed by atoms with van der Waals surface area (Å²) in [6.45, 7) is -1.21. The molecule has 0 bridgehead atoms. The molecule has 0 radical (unpaired) electrons. The molecule has 1 aliphatic heterocycles. The number of amides is 1. The van der Waals surface area contributed by atoms with Crippen LogP contribution in [0.2, 0.25) is 0 Å². The maximum absolute atomic E-state index is 13.8. The number of carbonyl (C=O) groups is 1. The number of aromatic nitrogens is 1. The second-order valence-corrected chi connectivity index (χ2v) is 8.80. The van der Waals surface area contributed by atoms with Crippen molar-refractivity contribution < 1.29 is 39.7 Å². The Balaban J connectivity index is 1.69. The minimum atomic E-state index is -4.87. The normalized spacial score (nSPS) is 24.1. The van der Waals surface area contributed by atoms with E-state index in [1.54, 1.807) is 0 Å². The Labute approximate surface area is 184 Å². The second-order valence-electron chi connectivity index (χ2n) is 7.74. The predicted octanol–water partition coefficient (Wildman–Crippen LogP) is 3.67. The average molecular weight is 496 g/mol. The van der Waals surface area contributed by atoms with E-state index in [1.807, 2.05) is 0 Å². The summed E-state index contributed by atoms with van der Waals surface area (Å²) in [5, 5.41) is 7.58. The molecule has 1 saturated heterocycles. The zero-order chi connectivity index (χ0) is 24.3. The maximum Gasteiger partial charge on any atom is 0.417 e. The smallest absolute Gasteiger partial charge is 0.355 e. The molecule has 33 heavy (non-hydrogen) atoms. The van der Waals surface area contributed by atoms with Crippen molar-refractivity contribution in [3.8, 4) is 0 Å². The number of nitrogens with zero attached hydrogens (tertiary/aromatic N) is 2. The van der Waals surface area contributed by atoms with Gasteiger partial charge in [-0.2, -0.15) is 30.7 Å². The standard InChI is InChI=1S/C19H15F7N4O2S/c20-17(21)13-7-30(8-14(13)18(17,22)23)15-12(4-9(6-28-15)19(24,25)26)16(31)29-10-2-1-3-11(5-10)33(27)32/h1-6,13-14H,7-8,27H2,(H,29,31). The van der Waals surface area contributed by atoms with E-state index >= 15 is 0 Å². The lowest BCUT2D eigenvalue weighted by atomic mass is 9.68. The quantitative estimate of drug-likeness (QED) is 0.633. The van der Waals surface area contributed by atoms with Crippen molar-refractivity contribution in [2.24, 2.45) is 17.0 Å². The molecular weight excluding hydrogens is 481 g/mol. The van der Waals surface area contributed by atoms with Gasteiger partial charge in [0.15, 0.2) is 0 Å². The molecule has 178 valence electrons. The van der Waals surface area contributed by atoms with Gasteiger partial charge in [-0.3, -0.25) is 4.79 Å². The molecule has 2 heterocycles. The molecule has 1 aromatic carbocycles. The summed E-state index contributed by atoms with van der Waals surface area (Å²) in [7, 11) is -1.90. The van der Waals surface area contributed by atoms with Crippen molar-refractivity contribution in [1.29, 1.82) is 0 Å². The summed E-state index contributed by atoms with van der Waals surface area (Å²) in [6, 6.07) is 5.84. The Morgan fingerprint density at radius 1 is 1.12 bits per heavy atom. The number of rotatable bonds is 4. The highest BCUT2D eigenvalue weighted by atomic mass is 32.2. The lowest BCUT2D eigenvalue weighted by Crippen LogP contribution is -2.65. The lowest BCUT2D eigenvalue weighted by molar-refractivity contribution is -0.339. The van der Waals surface area contributed by atoms with Crippen LogP contribution >= 0.6 is 0 Å². The van der Waals surface area contributed by atoms with E-state index in [0.717, 1.165) is 4.90 Å². The highest BCUT2D eigenvalue weighted by Gasteiger charge is 2.80. The van der Waals surface area contributed by atoms with Crippen LogP contribution in [0.4, 0.5) is 42.2 Å². The topological polar surface area (TPSA) is 88.3 Å². The third kappa shape index (κ3) is 3.84. The molecule has 1 amide bonds. The first kappa shape index (κ1) is 23.4. The lowest BCUT2D eigenvalue weighted by Gasteiger charge is -2.46. The third-order valence-electron chi connectivity index (χ3n) is 5.76. The van der Waals surface area contributed by atoms with Gasteiger partial charge in [0.1, 0.15) is 16.8 Å². The van der Waals surface area contributed by atoms with Gasteiger partial charge in [-0.1, -0.05) is 6.07 Å². The van der Waals surface area contributed by atoms with Gasteiger partial charge >= 0.3 is 18.0 Å². The van der Waals surface area contributed by atoms with Crippen molar-refractivity contribution in [1.82, 2.24) is 4.98 Å². The number of alkyl halides is 7. The van der Waals surface area contributed by atoms with Crippen LogP contribution in [0.15, 0.2) is 41.4 Å². The number of nitrogens with two attached hydrogens (primary N) is 1. The minimum Gasteiger partial charge on any atom is -0.355 e. The molecule has 1 aromatic heterocycles. The summed E-state index contributed by atoms with van der Waals surface area (Å²) in [4.78, 5) is 17.5. The van der Waals surface area contributed by atoms with Crippen LogP contribution in [-0.2, 0) is 17.2 Å². The fourth-order valence-corrected chi connectivity index (χ4v) is 4.49. The van der Waals surface area contributed by atoms with Gasteiger partial charge < -0.3 is 10.2 Å². The van der Waals surface area contributed by atoms with Crippen LogP contribution in [-0.4, -0.2) is 40.0 Å². The number of benzene rings is 1. The van der Waals surface area contributed by atoms with E-state index in [4.69, 9.17) is 5.14 Å². The van der Waals surface area contributed by atoms with Gasteiger partial charge in [-0.15, -0.1) is 0 Å². The maximum atomic E-state index is 13.8. The first-order valence-corrected chi connectivity index (χ1v) is 10.6. The molecule has 2 aromatic rings. The number of hydrogen-bond acceptors (Lipinski definition) is 4. The van der Waals surface area contributed by atoms with Gasteiger partial charge in [0.2, 0.25) is 0 Å². The van der Waals surface area contributed by atoms with E-state index in [0.29, 0.717) is 12.3 Å². The fraction of sp³-hybridized carbons (Fsp3) is 0.368. The Kier molecular flexibility index (Phi) is 5.43. The first-order chi connectivity index (χ1) is 15.2. The molecule has 0 spiro atoms. The largest absolute Gasteiger partial charge is 0.417 e. The average Bonchev–Trinajstić information content (AvgIpc) is 3.18. The van der Waals surface area contributed by atoms with E-state index in [9.17, 15) is 39.7 Å². The number of nitrogens with one attached hydrogen (secondary N) is 1. The minimum absolute atomic E-state index is 0.0409. The van der Waals surface area contributed by atoms with Crippen molar-refractivity contribution in [3.05, 3.63) is 47.7 Å². The van der Waals surface area contributed by atoms with Crippen LogP contribution in [0.5, 0.6) is 0 Å². The first-order valence-electron chi connectivity index (χ1n) is 9.39.